The van der Waals surface area contributed by atoms with Crippen molar-refractivity contribution in [3.8, 4) is 5.75 Å². The normalized spacial score (nSPS) is 10.2. The zero-order valence-corrected chi connectivity index (χ0v) is 10.2. The number of rotatable bonds is 3. The summed E-state index contributed by atoms with van der Waals surface area (Å²) < 4.78 is 5.37. The van der Waals surface area contributed by atoms with Gasteiger partial charge in [-0.1, -0.05) is 29.8 Å². The van der Waals surface area contributed by atoms with Crippen molar-refractivity contribution in [2.75, 3.05) is 12.8 Å². The Morgan fingerprint density at radius 3 is 2.65 bits per heavy atom. The van der Waals surface area contributed by atoms with E-state index in [0.29, 0.717) is 0 Å². The van der Waals surface area contributed by atoms with Gasteiger partial charge in [0.1, 0.15) is 5.75 Å². The molecule has 0 aliphatic carbocycles. The lowest BCUT2D eigenvalue weighted by Gasteiger charge is -2.10. The van der Waals surface area contributed by atoms with E-state index in [-0.39, 0.29) is 0 Å². The molecular formula is C15H17NO. The molecule has 2 rings (SSSR count). The van der Waals surface area contributed by atoms with E-state index >= 15 is 0 Å². The first-order valence-electron chi connectivity index (χ1n) is 5.67. The minimum atomic E-state index is 0.800. The van der Waals surface area contributed by atoms with Crippen LogP contribution in [0.2, 0.25) is 0 Å². The fourth-order valence-electron chi connectivity index (χ4n) is 1.97. The van der Waals surface area contributed by atoms with Gasteiger partial charge in [-0.3, -0.25) is 0 Å². The molecule has 0 aromatic heterocycles. The number of hydrogen-bond acceptors (Lipinski definition) is 2. The van der Waals surface area contributed by atoms with Crippen molar-refractivity contribution in [3.05, 3.63) is 59.2 Å². The van der Waals surface area contributed by atoms with Gasteiger partial charge in [0.05, 0.1) is 7.11 Å². The first kappa shape index (κ1) is 11.5. The molecule has 88 valence electrons. The zero-order chi connectivity index (χ0) is 12.3. The predicted octanol–water partition coefficient (Wildman–Crippen LogP) is 3.18. The second kappa shape index (κ2) is 4.91. The van der Waals surface area contributed by atoms with Crippen molar-refractivity contribution >= 4 is 5.69 Å². The van der Waals surface area contributed by atoms with Crippen LogP contribution in [0.1, 0.15) is 16.7 Å². The lowest BCUT2D eigenvalue weighted by Crippen LogP contribution is -1.95. The summed E-state index contributed by atoms with van der Waals surface area (Å²) in [5, 5.41) is 0. The molecule has 0 fully saturated rings. The summed E-state index contributed by atoms with van der Waals surface area (Å²) in [6.45, 7) is 2.09. The third-order valence-electron chi connectivity index (χ3n) is 2.78. The summed E-state index contributed by atoms with van der Waals surface area (Å²) in [7, 11) is 1.70. The van der Waals surface area contributed by atoms with Gasteiger partial charge in [-0.15, -0.1) is 0 Å². The largest absolute Gasteiger partial charge is 0.496 e. The molecule has 17 heavy (non-hydrogen) atoms. The Morgan fingerprint density at radius 1 is 1.12 bits per heavy atom. The van der Waals surface area contributed by atoms with Crippen molar-refractivity contribution in [3.63, 3.8) is 0 Å². The Morgan fingerprint density at radius 2 is 1.94 bits per heavy atom. The maximum absolute atomic E-state index is 5.78. The van der Waals surface area contributed by atoms with E-state index in [0.717, 1.165) is 17.9 Å². The van der Waals surface area contributed by atoms with Gasteiger partial charge in [-0.05, 0) is 36.2 Å². The maximum atomic E-state index is 5.78. The Labute approximate surface area is 102 Å². The summed E-state index contributed by atoms with van der Waals surface area (Å²) >= 11 is 0. The third kappa shape index (κ3) is 2.78. The number of anilines is 1. The van der Waals surface area contributed by atoms with Crippen LogP contribution in [-0.4, -0.2) is 7.11 Å². The number of methoxy groups -OCH3 is 1. The number of nitrogens with two attached hydrogens (primary N) is 1. The van der Waals surface area contributed by atoms with E-state index in [2.05, 4.69) is 25.1 Å². The van der Waals surface area contributed by atoms with Crippen LogP contribution >= 0.6 is 0 Å². The number of aryl methyl sites for hydroxylation is 1. The molecule has 0 radical (unpaired) electrons. The standard InChI is InChI=1S/C15H17NO/c1-11-6-7-15(17-2)13(8-11)9-12-4-3-5-14(16)10-12/h3-8,10H,9,16H2,1-2H3. The second-order valence-corrected chi connectivity index (χ2v) is 4.24. The van der Waals surface area contributed by atoms with Gasteiger partial charge in [0.15, 0.2) is 0 Å². The predicted molar refractivity (Wildman–Crippen MR) is 71.4 cm³/mol. The zero-order valence-electron chi connectivity index (χ0n) is 10.2. The molecule has 0 bridgehead atoms. The van der Waals surface area contributed by atoms with E-state index < -0.39 is 0 Å². The highest BCUT2D eigenvalue weighted by atomic mass is 16.5. The molecule has 0 saturated carbocycles. The van der Waals surface area contributed by atoms with Crippen LogP contribution in [0.5, 0.6) is 5.75 Å². The average Bonchev–Trinajstić information content (AvgIpc) is 2.29. The highest BCUT2D eigenvalue weighted by Crippen LogP contribution is 2.23. The highest BCUT2D eigenvalue weighted by Gasteiger charge is 2.04. The summed E-state index contributed by atoms with van der Waals surface area (Å²) in [5.41, 5.74) is 10.2. The van der Waals surface area contributed by atoms with Gasteiger partial charge in [-0.25, -0.2) is 0 Å². The smallest absolute Gasteiger partial charge is 0.122 e. The topological polar surface area (TPSA) is 35.2 Å². The fourth-order valence-corrected chi connectivity index (χ4v) is 1.97. The molecule has 2 nitrogen and oxygen atoms in total. The molecule has 0 amide bonds. The first-order chi connectivity index (χ1) is 8.19. The molecule has 2 heteroatoms. The molecule has 2 aromatic carbocycles. The molecule has 2 aromatic rings. The SMILES string of the molecule is COc1ccc(C)cc1Cc1cccc(N)c1. The summed E-state index contributed by atoms with van der Waals surface area (Å²) in [6, 6.07) is 14.2. The third-order valence-corrected chi connectivity index (χ3v) is 2.78. The van der Waals surface area contributed by atoms with Gasteiger partial charge in [-0.2, -0.15) is 0 Å². The molecule has 0 aliphatic rings. The van der Waals surface area contributed by atoms with Crippen molar-refractivity contribution in [2.45, 2.75) is 13.3 Å². The van der Waals surface area contributed by atoms with Crippen molar-refractivity contribution in [2.24, 2.45) is 0 Å². The van der Waals surface area contributed by atoms with Crippen LogP contribution in [0.25, 0.3) is 0 Å². The molecular weight excluding hydrogens is 210 g/mol. The summed E-state index contributed by atoms with van der Waals surface area (Å²) in [5.74, 6) is 0.929. The molecule has 0 spiro atoms. The number of ether oxygens (including phenoxy) is 1. The molecule has 0 heterocycles. The lowest BCUT2D eigenvalue weighted by atomic mass is 10.0. The van der Waals surface area contributed by atoms with Crippen LogP contribution in [0.3, 0.4) is 0 Å². The van der Waals surface area contributed by atoms with Crippen LogP contribution in [0.4, 0.5) is 5.69 Å². The van der Waals surface area contributed by atoms with Crippen molar-refractivity contribution < 1.29 is 4.74 Å². The summed E-state index contributed by atoms with van der Waals surface area (Å²) in [6.07, 6.45) is 0.843. The van der Waals surface area contributed by atoms with Crippen LogP contribution in [0.15, 0.2) is 42.5 Å². The van der Waals surface area contributed by atoms with Crippen molar-refractivity contribution in [1.29, 1.82) is 0 Å². The van der Waals surface area contributed by atoms with Gasteiger partial charge in [0, 0.05) is 12.1 Å². The van der Waals surface area contributed by atoms with E-state index in [1.54, 1.807) is 7.11 Å². The first-order valence-corrected chi connectivity index (χ1v) is 5.67. The molecule has 0 atom stereocenters. The Bertz CT molecular complexity index is 520. The van der Waals surface area contributed by atoms with Crippen LogP contribution < -0.4 is 10.5 Å². The highest BCUT2D eigenvalue weighted by molar-refractivity contribution is 5.45. The Balaban J connectivity index is 2.32. The number of hydrogen-bond donors (Lipinski definition) is 1. The van der Waals surface area contributed by atoms with Gasteiger partial charge in [0.25, 0.3) is 0 Å². The quantitative estimate of drug-likeness (QED) is 0.817. The molecule has 0 aliphatic heterocycles. The molecule has 2 N–H and O–H groups in total. The van der Waals surface area contributed by atoms with E-state index in [1.165, 1.54) is 16.7 Å². The lowest BCUT2D eigenvalue weighted by molar-refractivity contribution is 0.410. The fraction of sp³-hybridized carbons (Fsp3) is 0.200. The van der Waals surface area contributed by atoms with Crippen LogP contribution in [-0.2, 0) is 6.42 Å². The number of nitrogen functional groups attached to an aromatic ring is 1. The Hall–Kier alpha value is -1.96. The van der Waals surface area contributed by atoms with E-state index in [9.17, 15) is 0 Å². The second-order valence-electron chi connectivity index (χ2n) is 4.24. The monoisotopic (exact) mass is 227 g/mol. The van der Waals surface area contributed by atoms with Gasteiger partial charge < -0.3 is 10.5 Å². The van der Waals surface area contributed by atoms with Gasteiger partial charge >= 0.3 is 0 Å². The summed E-state index contributed by atoms with van der Waals surface area (Å²) in [4.78, 5) is 0. The average molecular weight is 227 g/mol. The minimum Gasteiger partial charge on any atom is -0.496 e. The number of benzene rings is 2. The van der Waals surface area contributed by atoms with E-state index in [1.807, 2.05) is 24.3 Å². The van der Waals surface area contributed by atoms with Crippen molar-refractivity contribution in [1.82, 2.24) is 0 Å². The van der Waals surface area contributed by atoms with E-state index in [4.69, 9.17) is 10.5 Å². The molecule has 0 saturated heterocycles. The van der Waals surface area contributed by atoms with Gasteiger partial charge in [0.2, 0.25) is 0 Å². The Kier molecular flexibility index (Phi) is 3.33. The van der Waals surface area contributed by atoms with Crippen LogP contribution in [0, 0.1) is 6.92 Å². The maximum Gasteiger partial charge on any atom is 0.122 e. The molecule has 0 unspecified atom stereocenters. The minimum absolute atomic E-state index is 0.800.